The van der Waals surface area contributed by atoms with E-state index in [-0.39, 0.29) is 12.3 Å². The van der Waals surface area contributed by atoms with Gasteiger partial charge in [0.2, 0.25) is 5.91 Å². The molecule has 1 saturated heterocycles. The first kappa shape index (κ1) is 20.3. The minimum atomic E-state index is -3.43. The van der Waals surface area contributed by atoms with Crippen molar-refractivity contribution in [1.82, 2.24) is 9.62 Å². The molecule has 2 heterocycles. The second-order valence-corrected chi connectivity index (χ2v) is 10.4. The summed E-state index contributed by atoms with van der Waals surface area (Å²) in [7, 11) is -3.43. The van der Waals surface area contributed by atoms with Gasteiger partial charge in [-0.3, -0.25) is 4.79 Å². The maximum atomic E-state index is 12.8. The summed E-state index contributed by atoms with van der Waals surface area (Å²) in [6.07, 6.45) is 4.26. The molecule has 8 heteroatoms. The molecule has 0 bridgehead atoms. The highest BCUT2D eigenvalue weighted by Gasteiger charge is 2.26. The molecule has 1 aliphatic heterocycles. The number of nitrogens with zero attached hydrogens (tertiary/aromatic N) is 1. The van der Waals surface area contributed by atoms with Crippen LogP contribution in [-0.2, 0) is 27.8 Å². The largest absolute Gasteiger partial charge is 0.351 e. The van der Waals surface area contributed by atoms with Crippen molar-refractivity contribution >= 4 is 38.9 Å². The summed E-state index contributed by atoms with van der Waals surface area (Å²) < 4.78 is 27.5. The van der Waals surface area contributed by atoms with E-state index in [9.17, 15) is 13.2 Å². The van der Waals surface area contributed by atoms with Gasteiger partial charge in [0, 0.05) is 23.0 Å². The van der Waals surface area contributed by atoms with Crippen LogP contribution >= 0.6 is 22.9 Å². The Morgan fingerprint density at radius 2 is 1.70 bits per heavy atom. The molecule has 1 aromatic carbocycles. The highest BCUT2D eigenvalue weighted by atomic mass is 35.5. The quantitative estimate of drug-likeness (QED) is 0.763. The van der Waals surface area contributed by atoms with Crippen molar-refractivity contribution in [3.63, 3.8) is 0 Å². The molecule has 1 aliphatic rings. The lowest BCUT2D eigenvalue weighted by Crippen LogP contribution is -2.31. The Labute approximate surface area is 169 Å². The van der Waals surface area contributed by atoms with Crippen LogP contribution in [0.25, 0.3) is 0 Å². The molecule has 1 N–H and O–H groups in total. The number of carbonyl (C=O) groups excluding carboxylic acids is 1. The molecule has 0 aliphatic carbocycles. The van der Waals surface area contributed by atoms with E-state index in [2.05, 4.69) is 5.32 Å². The molecule has 1 aromatic heterocycles. The van der Waals surface area contributed by atoms with E-state index in [4.69, 9.17) is 11.6 Å². The van der Waals surface area contributed by atoms with Gasteiger partial charge in [-0.05, 0) is 42.7 Å². The second kappa shape index (κ2) is 9.19. The molecule has 1 amide bonds. The average Bonchev–Trinajstić information content (AvgIpc) is 2.96. The summed E-state index contributed by atoms with van der Waals surface area (Å²) in [5.74, 6) is -0.109. The van der Waals surface area contributed by atoms with Crippen LogP contribution in [0.4, 0.5) is 0 Å². The van der Waals surface area contributed by atoms with Crippen molar-refractivity contribution in [1.29, 1.82) is 0 Å². The Morgan fingerprint density at radius 3 is 2.37 bits per heavy atom. The lowest BCUT2D eigenvalue weighted by molar-refractivity contribution is -0.120. The molecule has 2 aromatic rings. The minimum absolute atomic E-state index is 0.109. The van der Waals surface area contributed by atoms with Gasteiger partial charge >= 0.3 is 0 Å². The number of benzene rings is 1. The number of thiophene rings is 1. The van der Waals surface area contributed by atoms with E-state index in [1.165, 1.54) is 11.3 Å². The van der Waals surface area contributed by atoms with E-state index in [0.29, 0.717) is 28.9 Å². The van der Waals surface area contributed by atoms with Crippen molar-refractivity contribution in [3.05, 3.63) is 51.9 Å². The van der Waals surface area contributed by atoms with Crippen molar-refractivity contribution in [2.24, 2.45) is 0 Å². The van der Waals surface area contributed by atoms with Crippen LogP contribution in [0.3, 0.4) is 0 Å². The maximum Gasteiger partial charge on any atom is 0.252 e. The fourth-order valence-corrected chi connectivity index (χ4v) is 6.13. The molecule has 27 heavy (non-hydrogen) atoms. The van der Waals surface area contributed by atoms with Gasteiger partial charge in [0.1, 0.15) is 4.21 Å². The fourth-order valence-electron chi connectivity index (χ4n) is 3.04. The van der Waals surface area contributed by atoms with E-state index in [1.54, 1.807) is 28.6 Å². The lowest BCUT2D eigenvalue weighted by Gasteiger charge is -2.18. The average molecular weight is 427 g/mol. The van der Waals surface area contributed by atoms with Gasteiger partial charge in [-0.2, -0.15) is 4.31 Å². The van der Waals surface area contributed by atoms with Gasteiger partial charge in [0.05, 0.1) is 13.0 Å². The van der Waals surface area contributed by atoms with Gasteiger partial charge in [0.25, 0.3) is 10.0 Å². The van der Waals surface area contributed by atoms with Crippen LogP contribution in [0.1, 0.15) is 36.1 Å². The summed E-state index contributed by atoms with van der Waals surface area (Å²) in [4.78, 5) is 12.9. The van der Waals surface area contributed by atoms with E-state index < -0.39 is 10.0 Å². The van der Waals surface area contributed by atoms with Crippen LogP contribution in [0.2, 0.25) is 5.02 Å². The molecular formula is C19H23ClN2O3S2. The third kappa shape index (κ3) is 5.54. The lowest BCUT2D eigenvalue weighted by atomic mass is 10.1. The third-order valence-electron chi connectivity index (χ3n) is 4.53. The van der Waals surface area contributed by atoms with Crippen molar-refractivity contribution < 1.29 is 13.2 Å². The monoisotopic (exact) mass is 426 g/mol. The molecule has 0 unspecified atom stereocenters. The predicted octanol–water partition coefficient (Wildman–Crippen LogP) is 3.83. The van der Waals surface area contributed by atoms with E-state index in [1.807, 2.05) is 12.1 Å². The standard InChI is InChI=1S/C19H23ClN2O3S2/c20-16-7-5-15(6-8-16)13-18(23)21-14-17-9-10-19(26-17)27(24,25)22-11-3-1-2-4-12-22/h5-10H,1-4,11-14H2,(H,21,23). The number of amides is 1. The fraction of sp³-hybridized carbons (Fsp3) is 0.421. The third-order valence-corrected chi connectivity index (χ3v) is 8.24. The van der Waals surface area contributed by atoms with Crippen LogP contribution < -0.4 is 5.32 Å². The molecular weight excluding hydrogens is 404 g/mol. The Morgan fingerprint density at radius 1 is 1.04 bits per heavy atom. The number of carbonyl (C=O) groups is 1. The first-order valence-electron chi connectivity index (χ1n) is 9.05. The van der Waals surface area contributed by atoms with Crippen molar-refractivity contribution in [2.75, 3.05) is 13.1 Å². The van der Waals surface area contributed by atoms with Crippen LogP contribution in [-0.4, -0.2) is 31.7 Å². The maximum absolute atomic E-state index is 12.8. The molecule has 146 valence electrons. The number of sulfonamides is 1. The Kier molecular flexibility index (Phi) is 6.92. The Bertz CT molecular complexity index is 871. The summed E-state index contributed by atoms with van der Waals surface area (Å²) in [6, 6.07) is 10.6. The normalized spacial score (nSPS) is 16.0. The van der Waals surface area contributed by atoms with Gasteiger partial charge in [0.15, 0.2) is 0 Å². The van der Waals surface area contributed by atoms with Crippen molar-refractivity contribution in [3.8, 4) is 0 Å². The summed E-state index contributed by atoms with van der Waals surface area (Å²) in [6.45, 7) is 1.51. The molecule has 1 fully saturated rings. The number of halogens is 1. The van der Waals surface area contributed by atoms with Gasteiger partial charge in [-0.1, -0.05) is 36.6 Å². The first-order valence-corrected chi connectivity index (χ1v) is 11.7. The number of hydrogen-bond donors (Lipinski definition) is 1. The zero-order valence-electron chi connectivity index (χ0n) is 15.0. The highest BCUT2D eigenvalue weighted by molar-refractivity contribution is 7.91. The second-order valence-electron chi connectivity index (χ2n) is 6.62. The van der Waals surface area contributed by atoms with Gasteiger partial charge in [-0.25, -0.2) is 8.42 Å². The topological polar surface area (TPSA) is 66.5 Å². The predicted molar refractivity (Wildman–Crippen MR) is 109 cm³/mol. The molecule has 0 atom stereocenters. The Hall–Kier alpha value is -1.41. The Balaban J connectivity index is 1.57. The molecule has 3 rings (SSSR count). The van der Waals surface area contributed by atoms with Crippen LogP contribution in [0, 0.1) is 0 Å². The summed E-state index contributed by atoms with van der Waals surface area (Å²) in [5, 5.41) is 3.48. The smallest absolute Gasteiger partial charge is 0.252 e. The SMILES string of the molecule is O=C(Cc1ccc(Cl)cc1)NCc1ccc(S(=O)(=O)N2CCCCCC2)s1. The summed E-state index contributed by atoms with van der Waals surface area (Å²) >= 11 is 7.07. The van der Waals surface area contributed by atoms with Crippen molar-refractivity contribution in [2.45, 2.75) is 42.9 Å². The van der Waals surface area contributed by atoms with Crippen LogP contribution in [0.15, 0.2) is 40.6 Å². The van der Waals surface area contributed by atoms with Gasteiger partial charge in [-0.15, -0.1) is 11.3 Å². The zero-order chi connectivity index (χ0) is 19.3. The van der Waals surface area contributed by atoms with E-state index in [0.717, 1.165) is 36.1 Å². The minimum Gasteiger partial charge on any atom is -0.351 e. The molecule has 0 saturated carbocycles. The first-order chi connectivity index (χ1) is 12.9. The van der Waals surface area contributed by atoms with Crippen LogP contribution in [0.5, 0.6) is 0 Å². The molecule has 5 nitrogen and oxygen atoms in total. The van der Waals surface area contributed by atoms with Gasteiger partial charge < -0.3 is 5.32 Å². The number of hydrogen-bond acceptors (Lipinski definition) is 4. The molecule has 0 spiro atoms. The molecule has 0 radical (unpaired) electrons. The highest BCUT2D eigenvalue weighted by Crippen LogP contribution is 2.26. The number of nitrogens with one attached hydrogen (secondary N) is 1. The number of rotatable bonds is 6. The zero-order valence-corrected chi connectivity index (χ0v) is 17.4. The summed E-state index contributed by atoms with van der Waals surface area (Å²) in [5.41, 5.74) is 0.882. The van der Waals surface area contributed by atoms with E-state index >= 15 is 0 Å².